The number of nitrogen functional groups attached to an aromatic ring is 1. The molecule has 0 aromatic heterocycles. The van der Waals surface area contributed by atoms with E-state index in [1.807, 2.05) is 24.3 Å². The van der Waals surface area contributed by atoms with Crippen molar-refractivity contribution in [2.24, 2.45) is 5.92 Å². The van der Waals surface area contributed by atoms with Crippen LogP contribution in [0.2, 0.25) is 0 Å². The average molecular weight is 253 g/mol. The van der Waals surface area contributed by atoms with Crippen molar-refractivity contribution >= 4 is 11.5 Å². The van der Waals surface area contributed by atoms with Crippen LogP contribution in [0.25, 0.3) is 0 Å². The first kappa shape index (κ1) is 13.3. The summed E-state index contributed by atoms with van der Waals surface area (Å²) in [5, 5.41) is 0. The van der Waals surface area contributed by atoms with Gasteiger partial charge < -0.3 is 5.73 Å². The van der Waals surface area contributed by atoms with E-state index in [2.05, 4.69) is 13.8 Å². The van der Waals surface area contributed by atoms with Gasteiger partial charge in [0, 0.05) is 16.8 Å². The summed E-state index contributed by atoms with van der Waals surface area (Å²) in [4.78, 5) is 12.3. The summed E-state index contributed by atoms with van der Waals surface area (Å²) in [6, 6.07) is 14.9. The summed E-state index contributed by atoms with van der Waals surface area (Å²) in [6.45, 7) is 4.37. The van der Waals surface area contributed by atoms with Gasteiger partial charge in [-0.15, -0.1) is 0 Å². The Kier molecular flexibility index (Phi) is 4.00. The van der Waals surface area contributed by atoms with E-state index in [9.17, 15) is 4.79 Å². The first-order chi connectivity index (χ1) is 9.06. The molecule has 2 nitrogen and oxygen atoms in total. The lowest BCUT2D eigenvalue weighted by Crippen LogP contribution is -2.02. The number of hydrogen-bond donors (Lipinski definition) is 1. The molecular weight excluding hydrogens is 234 g/mol. The van der Waals surface area contributed by atoms with E-state index in [0.717, 1.165) is 6.42 Å². The zero-order chi connectivity index (χ0) is 13.8. The normalized spacial score (nSPS) is 10.7. The van der Waals surface area contributed by atoms with Gasteiger partial charge in [-0.3, -0.25) is 4.79 Å². The van der Waals surface area contributed by atoms with Crippen molar-refractivity contribution in [1.82, 2.24) is 0 Å². The molecule has 0 aliphatic heterocycles. The van der Waals surface area contributed by atoms with Crippen LogP contribution in [0.15, 0.2) is 48.5 Å². The molecule has 0 amide bonds. The molecule has 0 aliphatic rings. The van der Waals surface area contributed by atoms with Gasteiger partial charge in [0.15, 0.2) is 5.78 Å². The molecule has 0 atom stereocenters. The quantitative estimate of drug-likeness (QED) is 0.667. The number of rotatable bonds is 4. The van der Waals surface area contributed by atoms with Gasteiger partial charge in [0.2, 0.25) is 0 Å². The monoisotopic (exact) mass is 253 g/mol. The predicted molar refractivity (Wildman–Crippen MR) is 79.3 cm³/mol. The first-order valence-electron chi connectivity index (χ1n) is 6.55. The molecule has 0 aliphatic carbocycles. The SMILES string of the molecule is CC(C)Cc1ccc(C(=O)c2cccc(N)c2)cc1. The molecule has 2 rings (SSSR count). The van der Waals surface area contributed by atoms with Crippen molar-refractivity contribution in [2.75, 3.05) is 5.73 Å². The Balaban J connectivity index is 2.20. The van der Waals surface area contributed by atoms with Crippen LogP contribution < -0.4 is 5.73 Å². The van der Waals surface area contributed by atoms with Crippen molar-refractivity contribution in [2.45, 2.75) is 20.3 Å². The van der Waals surface area contributed by atoms with Crippen LogP contribution in [0.5, 0.6) is 0 Å². The second kappa shape index (κ2) is 5.70. The summed E-state index contributed by atoms with van der Waals surface area (Å²) < 4.78 is 0. The zero-order valence-corrected chi connectivity index (χ0v) is 11.4. The molecule has 0 fully saturated rings. The highest BCUT2D eigenvalue weighted by Gasteiger charge is 2.09. The highest BCUT2D eigenvalue weighted by atomic mass is 16.1. The summed E-state index contributed by atoms with van der Waals surface area (Å²) in [7, 11) is 0. The molecule has 2 aromatic rings. The van der Waals surface area contributed by atoms with E-state index in [-0.39, 0.29) is 5.78 Å². The van der Waals surface area contributed by atoms with E-state index in [1.165, 1.54) is 5.56 Å². The Morgan fingerprint density at radius 2 is 1.74 bits per heavy atom. The average Bonchev–Trinajstić information content (AvgIpc) is 2.38. The molecule has 2 aromatic carbocycles. The van der Waals surface area contributed by atoms with Crippen LogP contribution >= 0.6 is 0 Å². The van der Waals surface area contributed by atoms with Crippen molar-refractivity contribution in [1.29, 1.82) is 0 Å². The van der Waals surface area contributed by atoms with Crippen LogP contribution in [0, 0.1) is 5.92 Å². The molecule has 2 N–H and O–H groups in total. The smallest absolute Gasteiger partial charge is 0.193 e. The summed E-state index contributed by atoms with van der Waals surface area (Å²) >= 11 is 0. The second-order valence-corrected chi connectivity index (χ2v) is 5.25. The van der Waals surface area contributed by atoms with Gasteiger partial charge in [0.25, 0.3) is 0 Å². The molecule has 0 unspecified atom stereocenters. The highest BCUT2D eigenvalue weighted by Crippen LogP contribution is 2.15. The molecule has 2 heteroatoms. The van der Waals surface area contributed by atoms with Crippen molar-refractivity contribution in [3.8, 4) is 0 Å². The third kappa shape index (κ3) is 3.44. The molecule has 0 saturated carbocycles. The molecule has 19 heavy (non-hydrogen) atoms. The van der Waals surface area contributed by atoms with E-state index >= 15 is 0 Å². The standard InChI is InChI=1S/C17H19NO/c1-12(2)10-13-6-8-14(9-7-13)17(19)15-4-3-5-16(18)11-15/h3-9,11-12H,10,18H2,1-2H3. The summed E-state index contributed by atoms with van der Waals surface area (Å²) in [5.74, 6) is 0.638. The van der Waals surface area contributed by atoms with Crippen LogP contribution in [0.1, 0.15) is 35.3 Å². The summed E-state index contributed by atoms with van der Waals surface area (Å²) in [5.41, 5.74) is 8.92. The largest absolute Gasteiger partial charge is 0.399 e. The maximum atomic E-state index is 12.3. The molecule has 0 bridgehead atoms. The predicted octanol–water partition coefficient (Wildman–Crippen LogP) is 3.70. The van der Waals surface area contributed by atoms with E-state index in [1.54, 1.807) is 24.3 Å². The van der Waals surface area contributed by atoms with Gasteiger partial charge in [-0.2, -0.15) is 0 Å². The number of benzene rings is 2. The number of ketones is 1. The molecule has 0 saturated heterocycles. The highest BCUT2D eigenvalue weighted by molar-refractivity contribution is 6.09. The number of hydrogen-bond acceptors (Lipinski definition) is 2. The molecule has 0 radical (unpaired) electrons. The van der Waals surface area contributed by atoms with Crippen molar-refractivity contribution in [3.63, 3.8) is 0 Å². The number of anilines is 1. The van der Waals surface area contributed by atoms with E-state index in [0.29, 0.717) is 22.7 Å². The first-order valence-corrected chi connectivity index (χ1v) is 6.55. The Morgan fingerprint density at radius 3 is 2.32 bits per heavy atom. The maximum absolute atomic E-state index is 12.3. The van der Waals surface area contributed by atoms with E-state index in [4.69, 9.17) is 5.73 Å². The minimum atomic E-state index is 0.0170. The van der Waals surface area contributed by atoms with Gasteiger partial charge >= 0.3 is 0 Å². The Labute approximate surface area is 114 Å². The fourth-order valence-electron chi connectivity index (χ4n) is 2.11. The van der Waals surface area contributed by atoms with Crippen molar-refractivity contribution < 1.29 is 4.79 Å². The lowest BCUT2D eigenvalue weighted by atomic mass is 9.98. The fraction of sp³-hybridized carbons (Fsp3) is 0.235. The number of carbonyl (C=O) groups excluding carboxylic acids is 1. The van der Waals surface area contributed by atoms with Gasteiger partial charge in [-0.05, 0) is 30.0 Å². The number of nitrogens with two attached hydrogens (primary N) is 1. The van der Waals surface area contributed by atoms with Crippen molar-refractivity contribution in [3.05, 3.63) is 65.2 Å². The van der Waals surface area contributed by atoms with Gasteiger partial charge in [0.05, 0.1) is 0 Å². The van der Waals surface area contributed by atoms with Gasteiger partial charge in [0.1, 0.15) is 0 Å². The Hall–Kier alpha value is -2.09. The van der Waals surface area contributed by atoms with Gasteiger partial charge in [-0.1, -0.05) is 50.2 Å². The minimum absolute atomic E-state index is 0.0170. The second-order valence-electron chi connectivity index (χ2n) is 5.25. The van der Waals surface area contributed by atoms with Gasteiger partial charge in [-0.25, -0.2) is 0 Å². The minimum Gasteiger partial charge on any atom is -0.399 e. The van der Waals surface area contributed by atoms with E-state index < -0.39 is 0 Å². The molecular formula is C17H19NO. The third-order valence-electron chi connectivity index (χ3n) is 3.01. The topological polar surface area (TPSA) is 43.1 Å². The Bertz CT molecular complexity index is 570. The third-order valence-corrected chi connectivity index (χ3v) is 3.01. The molecule has 0 heterocycles. The lowest BCUT2D eigenvalue weighted by molar-refractivity contribution is 0.103. The number of carbonyl (C=O) groups is 1. The lowest BCUT2D eigenvalue weighted by Gasteiger charge is -2.06. The molecule has 98 valence electrons. The van der Waals surface area contributed by atoms with Crippen LogP contribution in [0.4, 0.5) is 5.69 Å². The van der Waals surface area contributed by atoms with Crippen LogP contribution in [-0.4, -0.2) is 5.78 Å². The fourth-order valence-corrected chi connectivity index (χ4v) is 2.11. The van der Waals surface area contributed by atoms with Crippen LogP contribution in [0.3, 0.4) is 0 Å². The molecule has 0 spiro atoms. The Morgan fingerprint density at radius 1 is 1.05 bits per heavy atom. The van der Waals surface area contributed by atoms with Crippen LogP contribution in [-0.2, 0) is 6.42 Å². The maximum Gasteiger partial charge on any atom is 0.193 e. The zero-order valence-electron chi connectivity index (χ0n) is 11.4. The summed E-state index contributed by atoms with van der Waals surface area (Å²) in [6.07, 6.45) is 1.03.